The maximum atomic E-state index is 4.61. The van der Waals surface area contributed by atoms with Crippen LogP contribution in [0.3, 0.4) is 0 Å². The molecule has 6 nitrogen and oxygen atoms in total. The van der Waals surface area contributed by atoms with Crippen LogP contribution in [0.15, 0.2) is 79.5 Å². The highest BCUT2D eigenvalue weighted by Crippen LogP contribution is 2.34. The highest BCUT2D eigenvalue weighted by atomic mass is 15.1. The fourth-order valence-corrected chi connectivity index (χ4v) is 4.09. The first-order valence-corrected chi connectivity index (χ1v) is 10.1. The molecule has 2 N–H and O–H groups in total. The Morgan fingerprint density at radius 3 is 2.48 bits per heavy atom. The SMILES string of the molecule is Cc1ccncc1-c1ccc2[nH]nc(-c3cc4c(-c5ccncc5)ccnc4[nH]3)c2c1. The predicted molar refractivity (Wildman–Crippen MR) is 122 cm³/mol. The van der Waals surface area contributed by atoms with E-state index in [1.54, 1.807) is 12.4 Å². The van der Waals surface area contributed by atoms with Crippen LogP contribution >= 0.6 is 0 Å². The average Bonchev–Trinajstić information content (AvgIpc) is 3.43. The van der Waals surface area contributed by atoms with Crippen LogP contribution in [0.1, 0.15) is 5.56 Å². The van der Waals surface area contributed by atoms with Gasteiger partial charge in [0.1, 0.15) is 11.3 Å². The van der Waals surface area contributed by atoms with E-state index in [9.17, 15) is 0 Å². The monoisotopic (exact) mass is 402 g/mol. The fourth-order valence-electron chi connectivity index (χ4n) is 4.09. The van der Waals surface area contributed by atoms with Crippen LogP contribution in [-0.4, -0.2) is 30.1 Å². The van der Waals surface area contributed by atoms with Crippen LogP contribution in [0.4, 0.5) is 0 Å². The quantitative estimate of drug-likeness (QED) is 0.407. The number of pyridine rings is 3. The normalized spacial score (nSPS) is 11.4. The number of nitrogens with zero attached hydrogens (tertiary/aromatic N) is 4. The first-order chi connectivity index (χ1) is 15.3. The molecule has 0 bridgehead atoms. The van der Waals surface area contributed by atoms with E-state index in [1.165, 1.54) is 5.56 Å². The lowest BCUT2D eigenvalue weighted by Crippen LogP contribution is -1.85. The van der Waals surface area contributed by atoms with Crippen molar-refractivity contribution < 1.29 is 0 Å². The summed E-state index contributed by atoms with van der Waals surface area (Å²) in [6, 6.07) is 16.5. The number of hydrogen-bond acceptors (Lipinski definition) is 4. The highest BCUT2D eigenvalue weighted by Gasteiger charge is 2.15. The molecule has 0 aliphatic rings. The van der Waals surface area contributed by atoms with Gasteiger partial charge in [0.05, 0.1) is 11.2 Å². The largest absolute Gasteiger partial charge is 0.338 e. The minimum atomic E-state index is 0.833. The lowest BCUT2D eigenvalue weighted by Gasteiger charge is -2.05. The van der Waals surface area contributed by atoms with E-state index < -0.39 is 0 Å². The van der Waals surface area contributed by atoms with E-state index in [0.717, 1.165) is 55.6 Å². The van der Waals surface area contributed by atoms with Gasteiger partial charge in [0.25, 0.3) is 0 Å². The Morgan fingerprint density at radius 1 is 0.742 bits per heavy atom. The molecule has 6 aromatic rings. The van der Waals surface area contributed by atoms with Crippen LogP contribution in [0, 0.1) is 6.92 Å². The van der Waals surface area contributed by atoms with E-state index in [0.29, 0.717) is 0 Å². The smallest absolute Gasteiger partial charge is 0.138 e. The van der Waals surface area contributed by atoms with E-state index in [2.05, 4.69) is 61.3 Å². The van der Waals surface area contributed by atoms with Gasteiger partial charge in [-0.15, -0.1) is 0 Å². The molecule has 0 saturated carbocycles. The maximum absolute atomic E-state index is 4.61. The molecule has 0 fully saturated rings. The Bertz CT molecular complexity index is 1550. The number of aromatic nitrogens is 6. The summed E-state index contributed by atoms with van der Waals surface area (Å²) in [4.78, 5) is 16.4. The van der Waals surface area contributed by atoms with Crippen molar-refractivity contribution >= 4 is 21.9 Å². The van der Waals surface area contributed by atoms with Crippen molar-refractivity contribution in [1.82, 2.24) is 30.1 Å². The van der Waals surface area contributed by atoms with Crippen LogP contribution < -0.4 is 0 Å². The molecule has 31 heavy (non-hydrogen) atoms. The topological polar surface area (TPSA) is 83.1 Å². The Labute approximate surface area is 178 Å². The number of fused-ring (bicyclic) bond motifs is 2. The van der Waals surface area contributed by atoms with Gasteiger partial charge in [-0.3, -0.25) is 15.1 Å². The minimum absolute atomic E-state index is 0.833. The number of aromatic amines is 2. The van der Waals surface area contributed by atoms with Gasteiger partial charge in [-0.2, -0.15) is 5.10 Å². The fraction of sp³-hybridized carbons (Fsp3) is 0.0400. The van der Waals surface area contributed by atoms with E-state index >= 15 is 0 Å². The van der Waals surface area contributed by atoms with Crippen LogP contribution in [0.5, 0.6) is 0 Å². The Balaban J connectivity index is 1.52. The lowest BCUT2D eigenvalue weighted by molar-refractivity contribution is 1.12. The van der Waals surface area contributed by atoms with Gasteiger partial charge >= 0.3 is 0 Å². The van der Waals surface area contributed by atoms with Crippen molar-refractivity contribution in [2.24, 2.45) is 0 Å². The summed E-state index contributed by atoms with van der Waals surface area (Å²) in [6.07, 6.45) is 9.16. The molecule has 1 aromatic carbocycles. The molecule has 148 valence electrons. The van der Waals surface area contributed by atoms with E-state index in [1.807, 2.05) is 42.9 Å². The highest BCUT2D eigenvalue weighted by molar-refractivity contribution is 6.00. The number of H-pyrrole nitrogens is 2. The standard InChI is InChI=1S/C25H18N6/c1-15-4-8-27-14-21(15)17-2-3-22-20(12-17)24(31-30-22)23-13-19-18(7-11-28-25(19)29-23)16-5-9-26-10-6-16/h2-14H,1H3,(H,28,29)(H,30,31). The van der Waals surface area contributed by atoms with Gasteiger partial charge in [0.2, 0.25) is 0 Å². The van der Waals surface area contributed by atoms with Crippen molar-refractivity contribution in [3.8, 4) is 33.6 Å². The van der Waals surface area contributed by atoms with E-state index in [4.69, 9.17) is 0 Å². The molecular formula is C25H18N6. The van der Waals surface area contributed by atoms with Gasteiger partial charge in [0.15, 0.2) is 0 Å². The third-order valence-corrected chi connectivity index (χ3v) is 5.69. The number of rotatable bonds is 3. The second-order valence-electron chi connectivity index (χ2n) is 7.56. The van der Waals surface area contributed by atoms with Gasteiger partial charge in [0, 0.05) is 47.3 Å². The zero-order valence-electron chi connectivity index (χ0n) is 16.8. The second-order valence-corrected chi connectivity index (χ2v) is 7.56. The van der Waals surface area contributed by atoms with Crippen molar-refractivity contribution in [3.63, 3.8) is 0 Å². The first kappa shape index (κ1) is 17.5. The molecule has 0 spiro atoms. The molecule has 0 saturated heterocycles. The average molecular weight is 402 g/mol. The summed E-state index contributed by atoms with van der Waals surface area (Å²) in [6.45, 7) is 2.10. The summed E-state index contributed by atoms with van der Waals surface area (Å²) in [7, 11) is 0. The minimum Gasteiger partial charge on any atom is -0.338 e. The first-order valence-electron chi connectivity index (χ1n) is 10.1. The molecule has 0 radical (unpaired) electrons. The summed E-state index contributed by atoms with van der Waals surface area (Å²) in [5.41, 5.74) is 9.27. The van der Waals surface area contributed by atoms with Crippen LogP contribution in [0.25, 0.3) is 55.6 Å². The number of nitrogens with one attached hydrogen (secondary N) is 2. The molecule has 0 atom stereocenters. The molecular weight excluding hydrogens is 384 g/mol. The summed E-state index contributed by atoms with van der Waals surface area (Å²) < 4.78 is 0. The third-order valence-electron chi connectivity index (χ3n) is 5.69. The number of benzene rings is 1. The van der Waals surface area contributed by atoms with Gasteiger partial charge < -0.3 is 4.98 Å². The maximum Gasteiger partial charge on any atom is 0.138 e. The third kappa shape index (κ3) is 2.88. The summed E-state index contributed by atoms with van der Waals surface area (Å²) in [5.74, 6) is 0. The van der Waals surface area contributed by atoms with Crippen LogP contribution in [0.2, 0.25) is 0 Å². The Kier molecular flexibility index (Phi) is 3.89. The van der Waals surface area contributed by atoms with Crippen LogP contribution in [-0.2, 0) is 0 Å². The molecule has 0 amide bonds. The zero-order valence-corrected chi connectivity index (χ0v) is 16.8. The molecule has 0 aliphatic carbocycles. The number of aryl methyl sites for hydroxylation is 1. The van der Waals surface area contributed by atoms with Crippen molar-refractivity contribution in [3.05, 3.63) is 85.1 Å². The molecule has 6 rings (SSSR count). The number of hydrogen-bond donors (Lipinski definition) is 2. The molecule has 5 heterocycles. The summed E-state index contributed by atoms with van der Waals surface area (Å²) in [5, 5.41) is 9.88. The molecule has 0 aliphatic heterocycles. The lowest BCUT2D eigenvalue weighted by atomic mass is 10.0. The zero-order chi connectivity index (χ0) is 20.8. The van der Waals surface area contributed by atoms with Crippen molar-refractivity contribution in [1.29, 1.82) is 0 Å². The van der Waals surface area contributed by atoms with Gasteiger partial charge in [-0.25, -0.2) is 4.98 Å². The van der Waals surface area contributed by atoms with E-state index in [-0.39, 0.29) is 0 Å². The van der Waals surface area contributed by atoms with Gasteiger partial charge in [-0.05, 0) is 71.6 Å². The molecule has 0 unspecified atom stereocenters. The Hall–Kier alpha value is -4.32. The van der Waals surface area contributed by atoms with Crippen molar-refractivity contribution in [2.75, 3.05) is 0 Å². The Morgan fingerprint density at radius 2 is 1.61 bits per heavy atom. The molecule has 6 heteroatoms. The molecule has 5 aromatic heterocycles. The second kappa shape index (κ2) is 6.88. The predicted octanol–water partition coefficient (Wildman–Crippen LogP) is 5.54. The van der Waals surface area contributed by atoms with Gasteiger partial charge in [-0.1, -0.05) is 6.07 Å². The van der Waals surface area contributed by atoms with Crippen molar-refractivity contribution in [2.45, 2.75) is 6.92 Å². The summed E-state index contributed by atoms with van der Waals surface area (Å²) >= 11 is 0.